The maximum absolute atomic E-state index is 14.7. The van der Waals surface area contributed by atoms with E-state index in [1.807, 2.05) is 62.4 Å². The van der Waals surface area contributed by atoms with Crippen LogP contribution < -0.4 is 15.4 Å². The summed E-state index contributed by atoms with van der Waals surface area (Å²) in [7, 11) is 1.59. The minimum Gasteiger partial charge on any atom is -0.497 e. The molecule has 0 aromatic heterocycles. The number of methoxy groups -OCH3 is 1. The molecule has 0 bridgehead atoms. The van der Waals surface area contributed by atoms with Crippen molar-refractivity contribution in [1.82, 2.24) is 10.2 Å². The predicted molar refractivity (Wildman–Crippen MR) is 179 cm³/mol. The van der Waals surface area contributed by atoms with E-state index >= 15 is 0 Å². The second-order valence-electron chi connectivity index (χ2n) is 12.4. The van der Waals surface area contributed by atoms with Gasteiger partial charge in [0.1, 0.15) is 23.4 Å². The van der Waals surface area contributed by atoms with Crippen molar-refractivity contribution in [3.63, 3.8) is 0 Å². The van der Waals surface area contributed by atoms with Gasteiger partial charge in [-0.25, -0.2) is 4.79 Å². The Bertz CT molecular complexity index is 1400. The van der Waals surface area contributed by atoms with Crippen LogP contribution in [0.25, 0.3) is 0 Å². The number of nitrogens with one attached hydrogen (secondary N) is 2. The number of unbranched alkanes of at least 4 members (excludes halogenated alkanes) is 3. The maximum atomic E-state index is 14.7. The molecule has 0 heterocycles. The van der Waals surface area contributed by atoms with Gasteiger partial charge in [0, 0.05) is 18.7 Å². The smallest absolute Gasteiger partial charge is 0.408 e. The molecule has 0 aliphatic rings. The highest BCUT2D eigenvalue weighted by Crippen LogP contribution is 2.30. The summed E-state index contributed by atoms with van der Waals surface area (Å²) in [5.74, 6) is -0.0192. The summed E-state index contributed by atoms with van der Waals surface area (Å²) in [5, 5.41) is 5.88. The molecule has 45 heavy (non-hydrogen) atoms. The van der Waals surface area contributed by atoms with E-state index in [1.54, 1.807) is 57.0 Å². The van der Waals surface area contributed by atoms with E-state index in [0.29, 0.717) is 24.4 Å². The first-order valence-corrected chi connectivity index (χ1v) is 15.8. The lowest BCUT2D eigenvalue weighted by Gasteiger charge is -2.35. The number of ether oxygens (including phenoxy) is 2. The number of carbonyl (C=O) groups is 3. The molecule has 3 aromatic rings. The monoisotopic (exact) mass is 615 g/mol. The Hall–Kier alpha value is -4.33. The molecule has 3 amide bonds. The Kier molecular flexibility index (Phi) is 13.0. The summed E-state index contributed by atoms with van der Waals surface area (Å²) < 4.78 is 10.8. The molecule has 0 aliphatic heterocycles. The predicted octanol–water partition coefficient (Wildman–Crippen LogP) is 7.54. The van der Waals surface area contributed by atoms with Crippen LogP contribution in [0.4, 0.5) is 10.5 Å². The minimum absolute atomic E-state index is 0.240. The van der Waals surface area contributed by atoms with Crippen LogP contribution in [0.5, 0.6) is 5.75 Å². The van der Waals surface area contributed by atoms with Gasteiger partial charge in [-0.15, -0.1) is 0 Å². The van der Waals surface area contributed by atoms with Crippen molar-refractivity contribution in [3.8, 4) is 5.75 Å². The van der Waals surface area contributed by atoms with Crippen LogP contribution in [0.2, 0.25) is 0 Å². The van der Waals surface area contributed by atoms with Gasteiger partial charge < -0.3 is 25.0 Å². The van der Waals surface area contributed by atoms with Crippen molar-refractivity contribution in [3.05, 3.63) is 95.1 Å². The molecule has 0 radical (unpaired) electrons. The number of amides is 3. The minimum atomic E-state index is -0.963. The van der Waals surface area contributed by atoms with Gasteiger partial charge in [-0.2, -0.15) is 0 Å². The largest absolute Gasteiger partial charge is 0.497 e. The van der Waals surface area contributed by atoms with Gasteiger partial charge >= 0.3 is 6.09 Å². The van der Waals surface area contributed by atoms with E-state index in [2.05, 4.69) is 17.6 Å². The average molecular weight is 616 g/mol. The number of benzene rings is 3. The molecule has 0 saturated heterocycles. The third-order valence-corrected chi connectivity index (χ3v) is 7.67. The molecule has 2 N–H and O–H groups in total. The fourth-order valence-electron chi connectivity index (χ4n) is 5.18. The van der Waals surface area contributed by atoms with Gasteiger partial charge in [-0.3, -0.25) is 9.59 Å². The number of hydrogen-bond acceptors (Lipinski definition) is 5. The second kappa shape index (κ2) is 16.7. The molecule has 0 saturated carbocycles. The normalized spacial score (nSPS) is 12.5. The quantitative estimate of drug-likeness (QED) is 0.183. The van der Waals surface area contributed by atoms with Crippen LogP contribution in [0.1, 0.15) is 81.7 Å². The van der Waals surface area contributed by atoms with Crippen molar-refractivity contribution in [2.75, 3.05) is 19.0 Å². The third kappa shape index (κ3) is 10.7. The molecular weight excluding hydrogens is 566 g/mol. The SMILES string of the molecule is CCCCCCN(C(=O)C(Cc1ccccc1)NC(=O)OC(C)(C)C)C(C(=O)Nc1ccc(OC)cc1)c1cccc(C)c1C. The zero-order valence-corrected chi connectivity index (χ0v) is 27.8. The lowest BCUT2D eigenvalue weighted by Crippen LogP contribution is -2.53. The Balaban J connectivity index is 2.09. The Labute approximate surface area is 268 Å². The number of carbonyl (C=O) groups excluding carboxylic acids is 3. The highest BCUT2D eigenvalue weighted by Gasteiger charge is 2.37. The Morgan fingerprint density at radius 3 is 2.18 bits per heavy atom. The molecule has 8 heteroatoms. The average Bonchev–Trinajstić information content (AvgIpc) is 3.00. The summed E-state index contributed by atoms with van der Waals surface area (Å²) in [5.41, 5.74) is 3.40. The third-order valence-electron chi connectivity index (χ3n) is 7.67. The highest BCUT2D eigenvalue weighted by atomic mass is 16.6. The van der Waals surface area contributed by atoms with Gasteiger partial charge in [-0.1, -0.05) is 74.7 Å². The molecule has 0 fully saturated rings. The molecular formula is C37H49N3O5. The molecule has 3 rings (SSSR count). The summed E-state index contributed by atoms with van der Waals surface area (Å²) in [6.45, 7) is 11.8. The summed E-state index contributed by atoms with van der Waals surface area (Å²) >= 11 is 0. The van der Waals surface area contributed by atoms with Crippen LogP contribution in [-0.2, 0) is 20.7 Å². The standard InChI is InChI=1S/C37H49N3O5/c1-8-9-10-14-24-40(35(42)32(25-28-17-12-11-13-18-28)39-36(43)45-37(4,5)6)33(31-19-15-16-26(2)27(31)3)34(41)38-29-20-22-30(44-7)23-21-29/h11-13,15-23,32-33H,8-10,14,24-25H2,1-7H3,(H,38,41)(H,39,43). The van der Waals surface area contributed by atoms with Gasteiger partial charge in [0.15, 0.2) is 0 Å². The number of alkyl carbamates (subject to hydrolysis) is 1. The van der Waals surface area contributed by atoms with Crippen LogP contribution in [0, 0.1) is 13.8 Å². The molecule has 0 spiro atoms. The van der Waals surface area contributed by atoms with E-state index in [9.17, 15) is 14.4 Å². The van der Waals surface area contributed by atoms with Gasteiger partial charge in [0.25, 0.3) is 5.91 Å². The van der Waals surface area contributed by atoms with Crippen LogP contribution >= 0.6 is 0 Å². The number of rotatable bonds is 14. The Morgan fingerprint density at radius 1 is 0.867 bits per heavy atom. The molecule has 242 valence electrons. The number of hydrogen-bond donors (Lipinski definition) is 2. The molecule has 2 atom stereocenters. The number of aryl methyl sites for hydroxylation is 1. The van der Waals surface area contributed by atoms with E-state index < -0.39 is 23.8 Å². The molecule has 3 aromatic carbocycles. The first-order chi connectivity index (χ1) is 21.4. The zero-order chi connectivity index (χ0) is 33.0. The first kappa shape index (κ1) is 35.2. The van der Waals surface area contributed by atoms with Crippen LogP contribution in [0.3, 0.4) is 0 Å². The van der Waals surface area contributed by atoms with Crippen molar-refractivity contribution >= 4 is 23.6 Å². The molecule has 2 unspecified atom stereocenters. The molecule has 0 aliphatic carbocycles. The summed E-state index contributed by atoms with van der Waals surface area (Å²) in [6, 6.07) is 20.5. The fourth-order valence-corrected chi connectivity index (χ4v) is 5.18. The topological polar surface area (TPSA) is 97.0 Å². The van der Waals surface area contributed by atoms with E-state index in [1.165, 1.54) is 0 Å². The Morgan fingerprint density at radius 2 is 1.56 bits per heavy atom. The number of nitrogens with zero attached hydrogens (tertiary/aromatic N) is 1. The lowest BCUT2D eigenvalue weighted by atomic mass is 9.94. The van der Waals surface area contributed by atoms with E-state index in [-0.39, 0.29) is 18.2 Å². The highest BCUT2D eigenvalue weighted by molar-refractivity contribution is 5.99. The fraction of sp³-hybridized carbons (Fsp3) is 0.432. The zero-order valence-electron chi connectivity index (χ0n) is 27.8. The van der Waals surface area contributed by atoms with E-state index in [0.717, 1.165) is 41.5 Å². The van der Waals surface area contributed by atoms with Gasteiger partial charge in [0.05, 0.1) is 7.11 Å². The second-order valence-corrected chi connectivity index (χ2v) is 12.4. The summed E-state index contributed by atoms with van der Waals surface area (Å²) in [4.78, 5) is 43.7. The van der Waals surface area contributed by atoms with Gasteiger partial charge in [-0.05, 0) is 87.6 Å². The molecule has 8 nitrogen and oxygen atoms in total. The van der Waals surface area contributed by atoms with E-state index in [4.69, 9.17) is 9.47 Å². The van der Waals surface area contributed by atoms with Crippen LogP contribution in [0.15, 0.2) is 72.8 Å². The van der Waals surface area contributed by atoms with Gasteiger partial charge in [0.2, 0.25) is 5.91 Å². The van der Waals surface area contributed by atoms with Crippen molar-refractivity contribution in [1.29, 1.82) is 0 Å². The van der Waals surface area contributed by atoms with Crippen molar-refractivity contribution in [2.45, 2.75) is 91.3 Å². The van der Waals surface area contributed by atoms with Crippen LogP contribution in [-0.4, -0.2) is 48.1 Å². The lowest BCUT2D eigenvalue weighted by molar-refractivity contribution is -0.140. The first-order valence-electron chi connectivity index (χ1n) is 15.8. The maximum Gasteiger partial charge on any atom is 0.408 e. The summed E-state index contributed by atoms with van der Waals surface area (Å²) in [6.07, 6.45) is 3.21. The number of anilines is 1. The van der Waals surface area contributed by atoms with Crippen molar-refractivity contribution < 1.29 is 23.9 Å². The van der Waals surface area contributed by atoms with Crippen molar-refractivity contribution in [2.24, 2.45) is 0 Å².